The van der Waals surface area contributed by atoms with Crippen molar-refractivity contribution >= 4 is 33.0 Å². The molecule has 5 nitrogen and oxygen atoms in total. The number of nitrogens with zero attached hydrogens (tertiary/aromatic N) is 3. The molecule has 130 valence electrons. The van der Waals surface area contributed by atoms with E-state index < -0.39 is 22.4 Å². The number of thiazole rings is 1. The molecule has 0 saturated carbocycles. The third-order valence-corrected chi connectivity index (χ3v) is 5.18. The van der Waals surface area contributed by atoms with Crippen molar-refractivity contribution < 1.29 is 17.8 Å². The number of carbonyl (C=O) groups excluding carboxylic acids is 1. The number of carbonyl (C=O) groups is 1. The van der Waals surface area contributed by atoms with Crippen LogP contribution in [0.4, 0.5) is 13.8 Å². The molecule has 24 heavy (non-hydrogen) atoms. The van der Waals surface area contributed by atoms with Gasteiger partial charge in [-0.1, -0.05) is 11.3 Å². The van der Waals surface area contributed by atoms with Gasteiger partial charge in [0.2, 0.25) is 5.91 Å². The molecule has 0 saturated heterocycles. The summed E-state index contributed by atoms with van der Waals surface area (Å²) in [5, 5.41) is 0.460. The Morgan fingerprint density at radius 1 is 1.46 bits per heavy atom. The summed E-state index contributed by atoms with van der Waals surface area (Å²) in [5.74, 6) is -3.37. The maximum atomic E-state index is 13.9. The Morgan fingerprint density at radius 3 is 2.71 bits per heavy atom. The highest BCUT2D eigenvalue weighted by molar-refractivity contribution is 7.84. The molecule has 0 aliphatic heterocycles. The van der Waals surface area contributed by atoms with Gasteiger partial charge in [-0.15, -0.1) is 0 Å². The third kappa shape index (κ3) is 4.41. The van der Waals surface area contributed by atoms with Crippen LogP contribution >= 0.6 is 11.3 Å². The first-order chi connectivity index (χ1) is 11.2. The molecule has 0 radical (unpaired) electrons. The van der Waals surface area contributed by atoms with E-state index in [0.717, 1.165) is 23.2 Å². The van der Waals surface area contributed by atoms with Crippen LogP contribution in [0, 0.1) is 0 Å². The summed E-state index contributed by atoms with van der Waals surface area (Å²) in [5.41, 5.74) is 0.162. The van der Waals surface area contributed by atoms with Crippen LogP contribution in [0.15, 0.2) is 24.5 Å². The number of alkyl halides is 2. The van der Waals surface area contributed by atoms with Gasteiger partial charge in [0.1, 0.15) is 15.7 Å². The Hall–Kier alpha value is -1.74. The van der Waals surface area contributed by atoms with E-state index in [1.54, 1.807) is 18.3 Å². The van der Waals surface area contributed by atoms with E-state index in [4.69, 9.17) is 0 Å². The van der Waals surface area contributed by atoms with Gasteiger partial charge in [-0.05, 0) is 12.1 Å². The number of aromatic nitrogens is 2. The van der Waals surface area contributed by atoms with Crippen LogP contribution in [0.5, 0.6) is 0 Å². The van der Waals surface area contributed by atoms with Crippen LogP contribution in [0.2, 0.25) is 0 Å². The van der Waals surface area contributed by atoms with Crippen molar-refractivity contribution in [2.24, 2.45) is 0 Å². The molecular weight excluding hydrogens is 356 g/mol. The van der Waals surface area contributed by atoms with Crippen molar-refractivity contribution in [3.63, 3.8) is 0 Å². The van der Waals surface area contributed by atoms with E-state index in [9.17, 15) is 17.8 Å². The van der Waals surface area contributed by atoms with Crippen molar-refractivity contribution in [3.8, 4) is 10.6 Å². The normalized spacial score (nSPS) is 12.9. The van der Waals surface area contributed by atoms with E-state index >= 15 is 0 Å². The lowest BCUT2D eigenvalue weighted by molar-refractivity contribution is -0.117. The second-order valence-electron chi connectivity index (χ2n) is 5.28. The lowest BCUT2D eigenvalue weighted by Gasteiger charge is -2.18. The second-order valence-corrected chi connectivity index (χ2v) is 7.82. The van der Waals surface area contributed by atoms with Crippen LogP contribution in [0.3, 0.4) is 0 Å². The molecule has 2 aromatic heterocycles. The summed E-state index contributed by atoms with van der Waals surface area (Å²) in [6.45, 7) is 0.748. The predicted molar refractivity (Wildman–Crippen MR) is 91.9 cm³/mol. The van der Waals surface area contributed by atoms with Gasteiger partial charge in [-0.25, -0.2) is 4.98 Å². The van der Waals surface area contributed by atoms with Crippen molar-refractivity contribution in [1.82, 2.24) is 9.97 Å². The van der Waals surface area contributed by atoms with E-state index in [1.165, 1.54) is 19.5 Å². The number of pyridine rings is 1. The molecule has 0 N–H and O–H groups in total. The van der Waals surface area contributed by atoms with Gasteiger partial charge >= 0.3 is 0 Å². The van der Waals surface area contributed by atoms with Crippen LogP contribution < -0.4 is 4.90 Å². The maximum absolute atomic E-state index is 13.9. The molecule has 1 amide bonds. The van der Waals surface area contributed by atoms with E-state index in [-0.39, 0.29) is 23.1 Å². The first-order valence-electron chi connectivity index (χ1n) is 7.06. The average molecular weight is 373 g/mol. The van der Waals surface area contributed by atoms with Gasteiger partial charge in [0.25, 0.3) is 5.92 Å². The van der Waals surface area contributed by atoms with Crippen molar-refractivity contribution in [2.75, 3.05) is 24.0 Å². The zero-order chi connectivity index (χ0) is 17.9. The third-order valence-electron chi connectivity index (χ3n) is 3.22. The minimum absolute atomic E-state index is 0.0223. The molecule has 1 atom stereocenters. The molecule has 0 aliphatic carbocycles. The van der Waals surface area contributed by atoms with Gasteiger partial charge in [0.15, 0.2) is 0 Å². The molecule has 2 heterocycles. The van der Waals surface area contributed by atoms with Gasteiger partial charge in [-0.3, -0.25) is 14.0 Å². The van der Waals surface area contributed by atoms with Crippen molar-refractivity contribution in [2.45, 2.75) is 19.3 Å². The zero-order valence-corrected chi connectivity index (χ0v) is 15.1. The summed E-state index contributed by atoms with van der Waals surface area (Å²) >= 11 is 1.01. The molecule has 2 aromatic rings. The Morgan fingerprint density at radius 2 is 2.17 bits per heavy atom. The van der Waals surface area contributed by atoms with E-state index in [1.807, 2.05) is 0 Å². The van der Waals surface area contributed by atoms with Gasteiger partial charge in [0.05, 0.1) is 0 Å². The number of hydrogen-bond acceptors (Lipinski definition) is 5. The van der Waals surface area contributed by atoms with Gasteiger partial charge in [-0.2, -0.15) is 8.78 Å². The average Bonchev–Trinajstić information content (AvgIpc) is 2.98. The summed E-state index contributed by atoms with van der Waals surface area (Å²) < 4.78 is 39.0. The molecule has 2 rings (SSSR count). The first kappa shape index (κ1) is 18.6. The van der Waals surface area contributed by atoms with Crippen LogP contribution in [0.25, 0.3) is 10.6 Å². The maximum Gasteiger partial charge on any atom is 0.289 e. The Balaban J connectivity index is 2.39. The largest absolute Gasteiger partial charge is 0.305 e. The lowest BCUT2D eigenvalue weighted by atomic mass is 10.2. The zero-order valence-electron chi connectivity index (χ0n) is 13.5. The number of halogens is 2. The fourth-order valence-electron chi connectivity index (χ4n) is 1.95. The second kappa shape index (κ2) is 7.43. The standard InChI is InChI=1S/C15H17F2N3O2S2/c1-15(16,17)12-14(20(2)11(21)6-8-24(3)22)23-13(19-12)10-5-4-7-18-9-10/h4-5,7,9H,6,8H2,1-3H3. The predicted octanol–water partition coefficient (Wildman–Crippen LogP) is 3.05. The summed E-state index contributed by atoms with van der Waals surface area (Å²) in [6.07, 6.45) is 4.62. The summed E-state index contributed by atoms with van der Waals surface area (Å²) in [7, 11) is 0.305. The lowest BCUT2D eigenvalue weighted by Crippen LogP contribution is -2.28. The van der Waals surface area contributed by atoms with Crippen LogP contribution in [-0.4, -0.2) is 39.1 Å². The minimum Gasteiger partial charge on any atom is -0.305 e. The van der Waals surface area contributed by atoms with Gasteiger partial charge < -0.3 is 4.90 Å². The molecule has 0 bridgehead atoms. The molecule has 0 aliphatic rings. The topological polar surface area (TPSA) is 63.2 Å². The first-order valence-corrected chi connectivity index (χ1v) is 9.60. The van der Waals surface area contributed by atoms with E-state index in [0.29, 0.717) is 10.6 Å². The quantitative estimate of drug-likeness (QED) is 0.781. The highest BCUT2D eigenvalue weighted by atomic mass is 32.2. The highest BCUT2D eigenvalue weighted by Crippen LogP contribution is 2.41. The Kier molecular flexibility index (Phi) is 5.76. The fraction of sp³-hybridized carbons (Fsp3) is 0.400. The number of rotatable bonds is 6. The Bertz CT molecular complexity index is 745. The number of amides is 1. The van der Waals surface area contributed by atoms with Gasteiger partial charge in [0, 0.05) is 61.2 Å². The van der Waals surface area contributed by atoms with Crippen LogP contribution in [-0.2, 0) is 21.5 Å². The molecule has 0 fully saturated rings. The molecular formula is C15H17F2N3O2S2. The molecule has 1 unspecified atom stereocenters. The monoisotopic (exact) mass is 373 g/mol. The van der Waals surface area contributed by atoms with Crippen molar-refractivity contribution in [1.29, 1.82) is 0 Å². The summed E-state index contributed by atoms with van der Waals surface area (Å²) in [6, 6.07) is 3.40. The van der Waals surface area contributed by atoms with E-state index in [2.05, 4.69) is 9.97 Å². The smallest absolute Gasteiger partial charge is 0.289 e. The minimum atomic E-state index is -3.19. The molecule has 9 heteroatoms. The van der Waals surface area contributed by atoms with Crippen molar-refractivity contribution in [3.05, 3.63) is 30.2 Å². The Labute approximate surface area is 145 Å². The number of hydrogen-bond donors (Lipinski definition) is 0. The number of anilines is 1. The summed E-state index contributed by atoms with van der Waals surface area (Å²) in [4.78, 5) is 21.3. The fourth-order valence-corrected chi connectivity index (χ4v) is 3.53. The SMILES string of the molecule is CN(C(=O)CCS(C)=O)c1sc(-c2cccnc2)nc1C(C)(F)F. The molecule has 0 aromatic carbocycles. The highest BCUT2D eigenvalue weighted by Gasteiger charge is 2.35. The van der Waals surface area contributed by atoms with Crippen LogP contribution in [0.1, 0.15) is 19.0 Å². The molecule has 0 spiro atoms.